The van der Waals surface area contributed by atoms with Crippen LogP contribution in [0.4, 0.5) is 10.1 Å². The second-order valence-corrected chi connectivity index (χ2v) is 9.56. The fraction of sp³-hybridized carbons (Fsp3) is 0.409. The predicted molar refractivity (Wildman–Crippen MR) is 113 cm³/mol. The highest BCUT2D eigenvalue weighted by molar-refractivity contribution is 7.92. The van der Waals surface area contributed by atoms with E-state index < -0.39 is 28.3 Å². The summed E-state index contributed by atoms with van der Waals surface area (Å²) in [5.74, 6) is -0.236. The minimum atomic E-state index is -4.17. The highest BCUT2D eigenvalue weighted by atomic mass is 32.2. The van der Waals surface area contributed by atoms with E-state index in [1.54, 1.807) is 0 Å². The Hall–Kier alpha value is -2.81. The van der Waals surface area contributed by atoms with E-state index >= 15 is 0 Å². The van der Waals surface area contributed by atoms with Crippen LogP contribution in [-0.2, 0) is 14.8 Å². The summed E-state index contributed by atoms with van der Waals surface area (Å²) in [5, 5.41) is 2.92. The number of fused-ring (bicyclic) bond motifs is 1. The van der Waals surface area contributed by atoms with Gasteiger partial charge in [-0.1, -0.05) is 25.3 Å². The molecule has 31 heavy (non-hydrogen) atoms. The van der Waals surface area contributed by atoms with Crippen LogP contribution < -0.4 is 19.1 Å². The number of benzene rings is 2. The topological polar surface area (TPSA) is 84.9 Å². The molecule has 1 fully saturated rings. The van der Waals surface area contributed by atoms with E-state index in [9.17, 15) is 17.6 Å². The smallest absolute Gasteiger partial charge is 0.264 e. The molecule has 2 aliphatic rings. The lowest BCUT2D eigenvalue weighted by atomic mass is 9.95. The Labute approximate surface area is 181 Å². The van der Waals surface area contributed by atoms with E-state index in [0.29, 0.717) is 24.7 Å². The highest BCUT2D eigenvalue weighted by Gasteiger charge is 2.30. The monoisotopic (exact) mass is 448 g/mol. The largest absolute Gasteiger partial charge is 0.486 e. The molecule has 166 valence electrons. The van der Waals surface area contributed by atoms with Crippen molar-refractivity contribution >= 4 is 21.6 Å². The van der Waals surface area contributed by atoms with Crippen LogP contribution in [0.2, 0.25) is 0 Å². The van der Waals surface area contributed by atoms with Crippen molar-refractivity contribution < 1.29 is 27.1 Å². The molecule has 0 spiro atoms. The number of nitrogens with zero attached hydrogens (tertiary/aromatic N) is 1. The molecule has 0 radical (unpaired) electrons. The quantitative estimate of drug-likeness (QED) is 0.733. The summed E-state index contributed by atoms with van der Waals surface area (Å²) in [7, 11) is -4.17. The molecule has 1 heterocycles. The molecule has 1 saturated carbocycles. The molecule has 0 saturated heterocycles. The van der Waals surface area contributed by atoms with Gasteiger partial charge in [0.25, 0.3) is 10.0 Å². The van der Waals surface area contributed by atoms with Gasteiger partial charge < -0.3 is 14.8 Å². The SMILES string of the molecule is O=C(CN(c1cccc(F)c1)S(=O)(=O)c1ccc2c(c1)OCCO2)NC1CCCCC1. The zero-order valence-corrected chi connectivity index (χ0v) is 17.9. The highest BCUT2D eigenvalue weighted by Crippen LogP contribution is 2.34. The molecule has 1 aliphatic heterocycles. The number of nitrogens with one attached hydrogen (secondary N) is 1. The molecule has 0 bridgehead atoms. The second-order valence-electron chi connectivity index (χ2n) is 7.70. The van der Waals surface area contributed by atoms with Gasteiger partial charge in [0.15, 0.2) is 11.5 Å². The molecule has 0 atom stereocenters. The van der Waals surface area contributed by atoms with Crippen molar-refractivity contribution in [1.29, 1.82) is 0 Å². The van der Waals surface area contributed by atoms with Crippen LogP contribution in [0.3, 0.4) is 0 Å². The van der Waals surface area contributed by atoms with E-state index in [2.05, 4.69) is 5.32 Å². The number of hydrogen-bond acceptors (Lipinski definition) is 5. The molecule has 2 aromatic carbocycles. The Morgan fingerprint density at radius 2 is 1.77 bits per heavy atom. The zero-order chi connectivity index (χ0) is 21.8. The number of anilines is 1. The molecular weight excluding hydrogens is 423 g/mol. The third-order valence-electron chi connectivity index (χ3n) is 5.46. The first-order valence-corrected chi connectivity index (χ1v) is 11.8. The number of rotatable bonds is 6. The van der Waals surface area contributed by atoms with E-state index in [4.69, 9.17) is 9.47 Å². The summed E-state index contributed by atoms with van der Waals surface area (Å²) in [6.45, 7) is 0.250. The molecular formula is C22H25FN2O5S. The van der Waals surface area contributed by atoms with Crippen molar-refractivity contribution in [3.05, 3.63) is 48.3 Å². The van der Waals surface area contributed by atoms with Crippen molar-refractivity contribution in [1.82, 2.24) is 5.32 Å². The van der Waals surface area contributed by atoms with E-state index in [-0.39, 0.29) is 16.6 Å². The van der Waals surface area contributed by atoms with Crippen LogP contribution in [0, 0.1) is 5.82 Å². The van der Waals surface area contributed by atoms with Gasteiger partial charge >= 0.3 is 0 Å². The lowest BCUT2D eigenvalue weighted by Crippen LogP contribution is -2.45. The molecule has 1 aliphatic carbocycles. The van der Waals surface area contributed by atoms with Crippen molar-refractivity contribution in [3.8, 4) is 11.5 Å². The summed E-state index contributed by atoms with van der Waals surface area (Å²) in [6, 6.07) is 9.52. The maximum Gasteiger partial charge on any atom is 0.264 e. The number of halogens is 1. The number of carbonyl (C=O) groups is 1. The first-order valence-electron chi connectivity index (χ1n) is 10.4. The van der Waals surface area contributed by atoms with E-state index in [1.165, 1.54) is 36.4 Å². The summed E-state index contributed by atoms with van der Waals surface area (Å²) >= 11 is 0. The summed E-state index contributed by atoms with van der Waals surface area (Å²) < 4.78 is 52.7. The summed E-state index contributed by atoms with van der Waals surface area (Å²) in [4.78, 5) is 12.7. The Bertz CT molecular complexity index is 1050. The van der Waals surface area contributed by atoms with Gasteiger partial charge in [0, 0.05) is 12.1 Å². The molecule has 9 heteroatoms. The number of carbonyl (C=O) groups excluding carboxylic acids is 1. The lowest BCUT2D eigenvalue weighted by molar-refractivity contribution is -0.120. The predicted octanol–water partition coefficient (Wildman–Crippen LogP) is 3.24. The molecule has 1 N–H and O–H groups in total. The first kappa shape index (κ1) is 21.4. The fourth-order valence-corrected chi connectivity index (χ4v) is 5.34. The van der Waals surface area contributed by atoms with Crippen molar-refractivity contribution in [3.63, 3.8) is 0 Å². The summed E-state index contributed by atoms with van der Waals surface area (Å²) in [5.41, 5.74) is 0.0775. The third-order valence-corrected chi connectivity index (χ3v) is 7.23. The number of hydrogen-bond donors (Lipinski definition) is 1. The summed E-state index contributed by atoms with van der Waals surface area (Å²) in [6.07, 6.45) is 4.96. The van der Waals surface area contributed by atoms with Crippen LogP contribution in [0.5, 0.6) is 11.5 Å². The van der Waals surface area contributed by atoms with Crippen LogP contribution in [0.1, 0.15) is 32.1 Å². The minimum Gasteiger partial charge on any atom is -0.486 e. The molecule has 4 rings (SSSR count). The van der Waals surface area contributed by atoms with Gasteiger partial charge in [-0.3, -0.25) is 9.10 Å². The van der Waals surface area contributed by atoms with Crippen LogP contribution >= 0.6 is 0 Å². The van der Waals surface area contributed by atoms with Gasteiger partial charge in [-0.15, -0.1) is 0 Å². The average molecular weight is 449 g/mol. The van der Waals surface area contributed by atoms with Crippen LogP contribution in [0.15, 0.2) is 47.4 Å². The van der Waals surface area contributed by atoms with Crippen molar-refractivity contribution in [2.24, 2.45) is 0 Å². The van der Waals surface area contributed by atoms with Crippen molar-refractivity contribution in [2.75, 3.05) is 24.1 Å². The maximum atomic E-state index is 13.9. The van der Waals surface area contributed by atoms with Gasteiger partial charge in [0.1, 0.15) is 25.6 Å². The number of amides is 1. The number of sulfonamides is 1. The van der Waals surface area contributed by atoms with E-state index in [1.807, 2.05) is 0 Å². The van der Waals surface area contributed by atoms with E-state index in [0.717, 1.165) is 42.5 Å². The van der Waals surface area contributed by atoms with Gasteiger partial charge in [-0.05, 0) is 43.2 Å². The Morgan fingerprint density at radius 3 is 2.52 bits per heavy atom. The molecule has 7 nitrogen and oxygen atoms in total. The lowest BCUT2D eigenvalue weighted by Gasteiger charge is -2.27. The molecule has 0 unspecified atom stereocenters. The first-order chi connectivity index (χ1) is 14.9. The molecule has 1 amide bonds. The Kier molecular flexibility index (Phi) is 6.31. The van der Waals surface area contributed by atoms with Gasteiger partial charge in [0.2, 0.25) is 5.91 Å². The van der Waals surface area contributed by atoms with Crippen LogP contribution in [-0.4, -0.2) is 40.1 Å². The van der Waals surface area contributed by atoms with Gasteiger partial charge in [-0.2, -0.15) is 0 Å². The Morgan fingerprint density at radius 1 is 1.03 bits per heavy atom. The fourth-order valence-electron chi connectivity index (χ4n) is 3.91. The standard InChI is InChI=1S/C22H25FN2O5S/c23-16-5-4-8-18(13-16)25(15-22(26)24-17-6-2-1-3-7-17)31(27,28)19-9-10-20-21(14-19)30-12-11-29-20/h4-5,8-10,13-14,17H,1-3,6-7,11-12,15H2,(H,24,26). The van der Waals surface area contributed by atoms with Crippen molar-refractivity contribution in [2.45, 2.75) is 43.0 Å². The third kappa shape index (κ3) is 4.92. The van der Waals surface area contributed by atoms with Crippen LogP contribution in [0.25, 0.3) is 0 Å². The average Bonchev–Trinajstić information content (AvgIpc) is 2.77. The normalized spacial score (nSPS) is 16.5. The van der Waals surface area contributed by atoms with Gasteiger partial charge in [0.05, 0.1) is 10.6 Å². The second kappa shape index (κ2) is 9.13. The zero-order valence-electron chi connectivity index (χ0n) is 17.1. The molecule has 0 aromatic heterocycles. The molecule has 2 aromatic rings. The minimum absolute atomic E-state index is 0.0348. The van der Waals surface area contributed by atoms with Gasteiger partial charge in [-0.25, -0.2) is 12.8 Å². The number of ether oxygens (including phenoxy) is 2. The maximum absolute atomic E-state index is 13.9. The Balaban J connectivity index is 1.63.